The third kappa shape index (κ3) is 3.97. The first kappa shape index (κ1) is 21.5. The van der Waals surface area contributed by atoms with Crippen molar-refractivity contribution in [2.75, 3.05) is 5.32 Å². The Hall–Kier alpha value is -3.34. The molecule has 3 heterocycles. The third-order valence-corrected chi connectivity index (χ3v) is 6.11. The minimum Gasteiger partial charge on any atom is -0.338 e. The molecule has 0 amide bonds. The van der Waals surface area contributed by atoms with E-state index in [0.29, 0.717) is 32.4 Å². The van der Waals surface area contributed by atoms with E-state index >= 15 is 0 Å². The number of nitrogens with one attached hydrogen (secondary N) is 1. The number of fused-ring (bicyclic) bond motifs is 1. The van der Waals surface area contributed by atoms with Crippen molar-refractivity contribution >= 4 is 45.1 Å². The van der Waals surface area contributed by atoms with Crippen molar-refractivity contribution in [3.8, 4) is 17.1 Å². The van der Waals surface area contributed by atoms with Gasteiger partial charge in [-0.1, -0.05) is 0 Å². The number of anilines is 2. The monoisotopic (exact) mass is 556 g/mol. The van der Waals surface area contributed by atoms with Gasteiger partial charge in [-0.3, -0.25) is 4.57 Å². The van der Waals surface area contributed by atoms with Gasteiger partial charge < -0.3 is 9.88 Å². The summed E-state index contributed by atoms with van der Waals surface area (Å²) >= 11 is 2.08. The van der Waals surface area contributed by atoms with E-state index in [1.807, 2.05) is 31.5 Å². The molecular formula is C24H19F2IN6. The highest BCUT2D eigenvalue weighted by Crippen LogP contribution is 2.30. The van der Waals surface area contributed by atoms with Crippen molar-refractivity contribution < 1.29 is 8.78 Å². The molecule has 33 heavy (non-hydrogen) atoms. The van der Waals surface area contributed by atoms with Gasteiger partial charge >= 0.3 is 0 Å². The molecule has 166 valence electrons. The first-order chi connectivity index (χ1) is 15.8. The van der Waals surface area contributed by atoms with E-state index in [-0.39, 0.29) is 11.6 Å². The molecule has 0 spiro atoms. The Bertz CT molecular complexity index is 1500. The average Bonchev–Trinajstić information content (AvgIpc) is 3.27. The Morgan fingerprint density at radius 1 is 0.909 bits per heavy atom. The highest BCUT2D eigenvalue weighted by Gasteiger charge is 2.16. The van der Waals surface area contributed by atoms with E-state index in [2.05, 4.69) is 37.9 Å². The lowest BCUT2D eigenvalue weighted by Crippen LogP contribution is -2.01. The number of aryl methyl sites for hydroxylation is 3. The van der Waals surface area contributed by atoms with Gasteiger partial charge in [-0.15, -0.1) is 0 Å². The summed E-state index contributed by atoms with van der Waals surface area (Å²) in [5, 5.41) is 3.21. The summed E-state index contributed by atoms with van der Waals surface area (Å²) in [5.41, 5.74) is 4.88. The van der Waals surface area contributed by atoms with Gasteiger partial charge in [-0.05, 0) is 62.4 Å². The van der Waals surface area contributed by atoms with E-state index < -0.39 is 0 Å². The SMILES string of the molecule is Cc1cc2c(nc(-c3ccc(F)cc3)n2C)c(Nc2ccc(-n3cc(C)nc3I)c(F)c2)n1. The highest BCUT2D eigenvalue weighted by atomic mass is 127. The second kappa shape index (κ2) is 8.22. The molecule has 9 heteroatoms. The molecule has 0 saturated carbocycles. The van der Waals surface area contributed by atoms with E-state index in [1.54, 1.807) is 35.0 Å². The predicted octanol–water partition coefficient (Wildman–Crippen LogP) is 6.06. The Kier molecular flexibility index (Phi) is 5.35. The van der Waals surface area contributed by atoms with Gasteiger partial charge in [0.2, 0.25) is 0 Å². The van der Waals surface area contributed by atoms with Gasteiger partial charge in [0.15, 0.2) is 9.65 Å². The molecule has 5 rings (SSSR count). The first-order valence-corrected chi connectivity index (χ1v) is 11.3. The molecule has 5 aromatic rings. The van der Waals surface area contributed by atoms with Gasteiger partial charge in [0.1, 0.15) is 23.0 Å². The van der Waals surface area contributed by atoms with Crippen LogP contribution in [0.15, 0.2) is 54.7 Å². The van der Waals surface area contributed by atoms with Crippen LogP contribution in [-0.4, -0.2) is 24.1 Å². The summed E-state index contributed by atoms with van der Waals surface area (Å²) in [6, 6.07) is 13.1. The van der Waals surface area contributed by atoms with E-state index in [9.17, 15) is 8.78 Å². The molecule has 0 aliphatic rings. The van der Waals surface area contributed by atoms with Gasteiger partial charge in [-0.2, -0.15) is 0 Å². The normalized spacial score (nSPS) is 11.3. The Labute approximate surface area is 202 Å². The number of halogens is 3. The summed E-state index contributed by atoms with van der Waals surface area (Å²) in [7, 11) is 1.90. The Morgan fingerprint density at radius 3 is 2.33 bits per heavy atom. The zero-order valence-corrected chi connectivity index (χ0v) is 20.2. The summed E-state index contributed by atoms with van der Waals surface area (Å²) in [5.74, 6) is 0.525. The fraction of sp³-hybridized carbons (Fsp3) is 0.125. The lowest BCUT2D eigenvalue weighted by Gasteiger charge is -2.11. The van der Waals surface area contributed by atoms with Crippen LogP contribution in [0, 0.1) is 29.3 Å². The fourth-order valence-electron chi connectivity index (χ4n) is 3.81. The highest BCUT2D eigenvalue weighted by molar-refractivity contribution is 14.1. The fourth-order valence-corrected chi connectivity index (χ4v) is 4.59. The number of hydrogen-bond acceptors (Lipinski definition) is 4. The second-order valence-corrected chi connectivity index (χ2v) is 8.76. The molecule has 2 aromatic carbocycles. The van der Waals surface area contributed by atoms with Crippen LogP contribution in [0.5, 0.6) is 0 Å². The zero-order chi connectivity index (χ0) is 23.3. The van der Waals surface area contributed by atoms with Crippen molar-refractivity contribution in [3.05, 3.63) is 81.6 Å². The van der Waals surface area contributed by atoms with Crippen molar-refractivity contribution in [1.29, 1.82) is 0 Å². The summed E-state index contributed by atoms with van der Waals surface area (Å²) < 4.78 is 32.7. The van der Waals surface area contributed by atoms with Crippen molar-refractivity contribution in [2.45, 2.75) is 13.8 Å². The van der Waals surface area contributed by atoms with Gasteiger partial charge in [-0.25, -0.2) is 23.7 Å². The van der Waals surface area contributed by atoms with Crippen LogP contribution in [0.1, 0.15) is 11.4 Å². The van der Waals surface area contributed by atoms with Gasteiger partial charge in [0.05, 0.1) is 16.9 Å². The lowest BCUT2D eigenvalue weighted by atomic mass is 10.2. The summed E-state index contributed by atoms with van der Waals surface area (Å²) in [6.45, 7) is 3.76. The predicted molar refractivity (Wildman–Crippen MR) is 133 cm³/mol. The first-order valence-electron chi connectivity index (χ1n) is 10.2. The number of nitrogens with zero attached hydrogens (tertiary/aromatic N) is 5. The number of hydrogen-bond donors (Lipinski definition) is 1. The molecule has 1 N–H and O–H groups in total. The number of imidazole rings is 2. The van der Waals surface area contributed by atoms with Crippen molar-refractivity contribution in [2.24, 2.45) is 7.05 Å². The minimum atomic E-state index is -0.382. The number of aromatic nitrogens is 5. The minimum absolute atomic E-state index is 0.302. The topological polar surface area (TPSA) is 60.6 Å². The number of rotatable bonds is 4. The van der Waals surface area contributed by atoms with Crippen LogP contribution in [-0.2, 0) is 7.05 Å². The quantitative estimate of drug-likeness (QED) is 0.274. The van der Waals surface area contributed by atoms with E-state index in [4.69, 9.17) is 4.98 Å². The average molecular weight is 556 g/mol. The van der Waals surface area contributed by atoms with Crippen LogP contribution in [0.3, 0.4) is 0 Å². The molecule has 0 fully saturated rings. The summed E-state index contributed by atoms with van der Waals surface area (Å²) in [4.78, 5) is 13.7. The Balaban J connectivity index is 1.55. The van der Waals surface area contributed by atoms with Crippen LogP contribution in [0.4, 0.5) is 20.3 Å². The molecule has 0 bridgehead atoms. The van der Waals surface area contributed by atoms with Crippen LogP contribution in [0.2, 0.25) is 0 Å². The maximum atomic E-state index is 15.0. The van der Waals surface area contributed by atoms with Crippen LogP contribution >= 0.6 is 22.6 Å². The van der Waals surface area contributed by atoms with Gasteiger partial charge in [0.25, 0.3) is 0 Å². The van der Waals surface area contributed by atoms with Crippen LogP contribution < -0.4 is 5.32 Å². The summed E-state index contributed by atoms with van der Waals surface area (Å²) in [6.07, 6.45) is 1.80. The molecule has 0 aliphatic carbocycles. The smallest absolute Gasteiger partial charge is 0.176 e. The second-order valence-electron chi connectivity index (χ2n) is 7.79. The van der Waals surface area contributed by atoms with Crippen molar-refractivity contribution in [3.63, 3.8) is 0 Å². The zero-order valence-electron chi connectivity index (χ0n) is 18.1. The van der Waals surface area contributed by atoms with E-state index in [1.165, 1.54) is 18.2 Å². The van der Waals surface area contributed by atoms with Crippen molar-refractivity contribution in [1.82, 2.24) is 24.1 Å². The van der Waals surface area contributed by atoms with Gasteiger partial charge in [0, 0.05) is 52.8 Å². The van der Waals surface area contributed by atoms with E-state index in [0.717, 1.165) is 22.5 Å². The maximum Gasteiger partial charge on any atom is 0.176 e. The maximum absolute atomic E-state index is 15.0. The lowest BCUT2D eigenvalue weighted by molar-refractivity contribution is 0.617. The standard InChI is InChI=1S/C24H19F2IN6/c1-13-10-20-21(31-23(32(20)3)15-4-6-16(25)7-5-15)22(28-13)30-17-8-9-19(18(26)11-17)33-12-14(2)29-24(33)27/h4-12H,1-3H3,(H,28,30). The molecule has 0 radical (unpaired) electrons. The number of pyridine rings is 1. The van der Waals surface area contributed by atoms with Crippen LogP contribution in [0.25, 0.3) is 28.1 Å². The molecule has 0 unspecified atom stereocenters. The molecule has 6 nitrogen and oxygen atoms in total. The molecular weight excluding hydrogens is 537 g/mol. The largest absolute Gasteiger partial charge is 0.338 e. The molecule has 0 saturated heterocycles. The molecule has 3 aromatic heterocycles. The number of benzene rings is 2. The Morgan fingerprint density at radius 2 is 1.67 bits per heavy atom. The molecule has 0 atom stereocenters. The third-order valence-electron chi connectivity index (χ3n) is 5.35. The molecule has 0 aliphatic heterocycles.